The topological polar surface area (TPSA) is 12.0 Å². The molecule has 0 saturated carbocycles. The summed E-state index contributed by atoms with van der Waals surface area (Å²) in [6.45, 7) is 4.44. The van der Waals surface area contributed by atoms with Crippen LogP contribution in [0.2, 0.25) is 0 Å². The summed E-state index contributed by atoms with van der Waals surface area (Å²) in [5.41, 5.74) is 2.91. The summed E-state index contributed by atoms with van der Waals surface area (Å²) in [5, 5.41) is 8.04. The molecule has 1 fully saturated rings. The normalized spacial score (nSPS) is 21.6. The molecule has 3 heteroatoms. The molecule has 0 amide bonds. The summed E-state index contributed by atoms with van der Waals surface area (Å²) < 4.78 is 0. The maximum absolute atomic E-state index is 3.56. The Morgan fingerprint density at radius 1 is 1.50 bits per heavy atom. The van der Waals surface area contributed by atoms with E-state index in [0.29, 0.717) is 0 Å². The molecular weight excluding hydrogens is 210 g/mol. The van der Waals surface area contributed by atoms with Crippen LogP contribution in [-0.4, -0.2) is 18.1 Å². The first-order chi connectivity index (χ1) is 6.86. The first-order valence-corrected chi connectivity index (χ1v) is 7.26. The fourth-order valence-electron chi connectivity index (χ4n) is 1.72. The molecule has 1 N–H and O–H groups in total. The van der Waals surface area contributed by atoms with Crippen LogP contribution in [0.4, 0.5) is 0 Å². The van der Waals surface area contributed by atoms with Crippen molar-refractivity contribution < 1.29 is 0 Å². The van der Waals surface area contributed by atoms with Gasteiger partial charge in [0.15, 0.2) is 0 Å². The second kappa shape index (κ2) is 5.19. The Morgan fingerprint density at radius 2 is 2.43 bits per heavy atom. The highest BCUT2D eigenvalue weighted by atomic mass is 32.2. The number of thioether (sulfide) groups is 1. The number of hydrogen-bond acceptors (Lipinski definition) is 3. The van der Waals surface area contributed by atoms with E-state index in [0.717, 1.165) is 12.5 Å². The van der Waals surface area contributed by atoms with Gasteiger partial charge in [0, 0.05) is 6.54 Å². The van der Waals surface area contributed by atoms with Crippen molar-refractivity contribution in [3.8, 4) is 0 Å². The van der Waals surface area contributed by atoms with E-state index >= 15 is 0 Å². The summed E-state index contributed by atoms with van der Waals surface area (Å²) in [4.78, 5) is 0. The highest BCUT2D eigenvalue weighted by Crippen LogP contribution is 2.22. The minimum Gasteiger partial charge on any atom is -0.312 e. The van der Waals surface area contributed by atoms with Crippen molar-refractivity contribution in [3.05, 3.63) is 21.9 Å². The van der Waals surface area contributed by atoms with E-state index in [9.17, 15) is 0 Å². The van der Waals surface area contributed by atoms with Crippen molar-refractivity contribution >= 4 is 23.1 Å². The van der Waals surface area contributed by atoms with Crippen molar-refractivity contribution in [1.29, 1.82) is 0 Å². The van der Waals surface area contributed by atoms with Crippen molar-refractivity contribution in [2.75, 3.05) is 18.1 Å². The van der Waals surface area contributed by atoms with Crippen molar-refractivity contribution in [3.63, 3.8) is 0 Å². The summed E-state index contributed by atoms with van der Waals surface area (Å²) in [6.07, 6.45) is 1.40. The Kier molecular flexibility index (Phi) is 3.90. The number of hydrogen-bond donors (Lipinski definition) is 1. The van der Waals surface area contributed by atoms with E-state index in [1.54, 1.807) is 11.3 Å². The highest BCUT2D eigenvalue weighted by Gasteiger charge is 2.14. The van der Waals surface area contributed by atoms with Crippen LogP contribution in [0.1, 0.15) is 17.5 Å². The Bertz CT molecular complexity index is 277. The second-order valence-electron chi connectivity index (χ2n) is 3.94. The molecule has 2 heterocycles. The first-order valence-electron chi connectivity index (χ1n) is 5.16. The van der Waals surface area contributed by atoms with Crippen molar-refractivity contribution in [2.24, 2.45) is 5.92 Å². The van der Waals surface area contributed by atoms with Gasteiger partial charge in [-0.2, -0.15) is 23.1 Å². The smallest absolute Gasteiger partial charge is 0.0216 e. The SMILES string of the molecule is Cc1cscc1CNCC1CCSC1. The van der Waals surface area contributed by atoms with Crippen molar-refractivity contribution in [2.45, 2.75) is 19.9 Å². The summed E-state index contributed by atoms with van der Waals surface area (Å²) in [5.74, 6) is 3.64. The maximum Gasteiger partial charge on any atom is 0.0216 e. The van der Waals surface area contributed by atoms with Gasteiger partial charge in [-0.1, -0.05) is 0 Å². The fourth-order valence-corrected chi connectivity index (χ4v) is 3.86. The Labute approximate surface area is 94.3 Å². The number of rotatable bonds is 4. The van der Waals surface area contributed by atoms with E-state index in [1.807, 2.05) is 0 Å². The van der Waals surface area contributed by atoms with Crippen molar-refractivity contribution in [1.82, 2.24) is 5.32 Å². The minimum absolute atomic E-state index is 0.916. The predicted molar refractivity (Wildman–Crippen MR) is 66.2 cm³/mol. The molecule has 1 atom stereocenters. The third-order valence-corrected chi connectivity index (χ3v) is 4.88. The fraction of sp³-hybridized carbons (Fsp3) is 0.636. The molecular formula is C11H17NS2. The molecule has 78 valence electrons. The number of thiophene rings is 1. The molecule has 0 radical (unpaired) electrons. The molecule has 1 aliphatic rings. The summed E-state index contributed by atoms with van der Waals surface area (Å²) in [6, 6.07) is 0. The van der Waals surface area contributed by atoms with E-state index in [-0.39, 0.29) is 0 Å². The Hall–Kier alpha value is 0.01000. The number of aryl methyl sites for hydroxylation is 1. The monoisotopic (exact) mass is 227 g/mol. The second-order valence-corrected chi connectivity index (χ2v) is 5.83. The molecule has 2 rings (SSSR count). The number of nitrogens with one attached hydrogen (secondary N) is 1. The lowest BCUT2D eigenvalue weighted by molar-refractivity contribution is 0.523. The third-order valence-electron chi connectivity index (χ3n) is 2.73. The molecule has 0 bridgehead atoms. The van der Waals surface area contributed by atoms with E-state index < -0.39 is 0 Å². The standard InChI is InChI=1S/C11H17NS2/c1-9-6-14-8-11(9)5-12-4-10-2-3-13-7-10/h6,8,10,12H,2-5,7H2,1H3. The van der Waals surface area contributed by atoms with Crippen LogP contribution in [0.3, 0.4) is 0 Å². The van der Waals surface area contributed by atoms with E-state index in [4.69, 9.17) is 0 Å². The molecule has 1 aromatic heterocycles. The average molecular weight is 227 g/mol. The largest absolute Gasteiger partial charge is 0.312 e. The van der Waals surface area contributed by atoms with Crippen LogP contribution < -0.4 is 5.32 Å². The zero-order valence-corrected chi connectivity index (χ0v) is 10.2. The third kappa shape index (κ3) is 2.75. The van der Waals surface area contributed by atoms with Gasteiger partial charge in [-0.15, -0.1) is 0 Å². The molecule has 1 aliphatic heterocycles. The average Bonchev–Trinajstić information content (AvgIpc) is 2.78. The predicted octanol–water partition coefficient (Wildman–Crippen LogP) is 2.90. The van der Waals surface area contributed by atoms with Gasteiger partial charge in [0.1, 0.15) is 0 Å². The molecule has 1 unspecified atom stereocenters. The summed E-state index contributed by atoms with van der Waals surface area (Å²) in [7, 11) is 0. The molecule has 0 spiro atoms. The molecule has 0 aromatic carbocycles. The van der Waals surface area contributed by atoms with E-state index in [2.05, 4.69) is 34.8 Å². The van der Waals surface area contributed by atoms with Gasteiger partial charge in [-0.3, -0.25) is 0 Å². The zero-order valence-electron chi connectivity index (χ0n) is 8.58. The zero-order chi connectivity index (χ0) is 9.80. The van der Waals surface area contributed by atoms with Gasteiger partial charge in [-0.05, 0) is 59.2 Å². The highest BCUT2D eigenvalue weighted by molar-refractivity contribution is 7.99. The first kappa shape index (κ1) is 10.5. The Balaban J connectivity index is 1.70. The molecule has 14 heavy (non-hydrogen) atoms. The van der Waals surface area contributed by atoms with Gasteiger partial charge in [-0.25, -0.2) is 0 Å². The van der Waals surface area contributed by atoms with Crippen LogP contribution in [0.15, 0.2) is 10.8 Å². The lowest BCUT2D eigenvalue weighted by Crippen LogP contribution is -2.22. The van der Waals surface area contributed by atoms with Gasteiger partial charge < -0.3 is 5.32 Å². The van der Waals surface area contributed by atoms with Crippen LogP contribution in [0.5, 0.6) is 0 Å². The van der Waals surface area contributed by atoms with Crippen LogP contribution in [0.25, 0.3) is 0 Å². The molecule has 1 aromatic rings. The van der Waals surface area contributed by atoms with Gasteiger partial charge in [0.25, 0.3) is 0 Å². The van der Waals surface area contributed by atoms with Gasteiger partial charge >= 0.3 is 0 Å². The van der Waals surface area contributed by atoms with Gasteiger partial charge in [0.2, 0.25) is 0 Å². The summed E-state index contributed by atoms with van der Waals surface area (Å²) >= 11 is 3.90. The van der Waals surface area contributed by atoms with Gasteiger partial charge in [0.05, 0.1) is 0 Å². The van der Waals surface area contributed by atoms with Crippen LogP contribution >= 0.6 is 23.1 Å². The molecule has 1 nitrogen and oxygen atoms in total. The lowest BCUT2D eigenvalue weighted by atomic mass is 10.1. The quantitative estimate of drug-likeness (QED) is 0.849. The minimum atomic E-state index is 0.916. The van der Waals surface area contributed by atoms with Crippen LogP contribution in [-0.2, 0) is 6.54 Å². The van der Waals surface area contributed by atoms with Crippen LogP contribution in [0, 0.1) is 12.8 Å². The lowest BCUT2D eigenvalue weighted by Gasteiger charge is -2.09. The maximum atomic E-state index is 3.56. The molecule has 0 aliphatic carbocycles. The van der Waals surface area contributed by atoms with E-state index in [1.165, 1.54) is 35.6 Å². The molecule has 1 saturated heterocycles. The Morgan fingerprint density at radius 3 is 3.07 bits per heavy atom.